The monoisotopic (exact) mass is 246 g/mol. The standard InChI is InChI=1S/C16H26N2/c1-13(14-6-5-11-17-12-14)18-15-7-4-9-16(2,3)10-8-15/h5-6,11-13,15,18H,4,7-10H2,1-3H3. The summed E-state index contributed by atoms with van der Waals surface area (Å²) in [6.45, 7) is 7.05. The Labute approximate surface area is 111 Å². The van der Waals surface area contributed by atoms with Gasteiger partial charge in [-0.05, 0) is 49.7 Å². The highest BCUT2D eigenvalue weighted by molar-refractivity contribution is 5.13. The van der Waals surface area contributed by atoms with Crippen LogP contribution in [0.25, 0.3) is 0 Å². The molecule has 1 fully saturated rings. The van der Waals surface area contributed by atoms with E-state index in [1.54, 1.807) is 0 Å². The van der Waals surface area contributed by atoms with Crippen molar-refractivity contribution < 1.29 is 0 Å². The van der Waals surface area contributed by atoms with Gasteiger partial charge in [0.15, 0.2) is 0 Å². The Morgan fingerprint density at radius 3 is 2.89 bits per heavy atom. The van der Waals surface area contributed by atoms with Crippen LogP contribution in [0.15, 0.2) is 24.5 Å². The fraction of sp³-hybridized carbons (Fsp3) is 0.688. The van der Waals surface area contributed by atoms with Gasteiger partial charge in [0.1, 0.15) is 0 Å². The van der Waals surface area contributed by atoms with E-state index in [-0.39, 0.29) is 0 Å². The van der Waals surface area contributed by atoms with E-state index >= 15 is 0 Å². The first-order valence-corrected chi connectivity index (χ1v) is 7.23. The zero-order valence-electron chi connectivity index (χ0n) is 11.9. The molecular formula is C16H26N2. The van der Waals surface area contributed by atoms with E-state index < -0.39 is 0 Å². The lowest BCUT2D eigenvalue weighted by atomic mass is 9.85. The molecule has 0 bridgehead atoms. The first-order valence-electron chi connectivity index (χ1n) is 7.23. The van der Waals surface area contributed by atoms with Crippen LogP contribution in [-0.2, 0) is 0 Å². The second-order valence-corrected chi connectivity index (χ2v) is 6.47. The second kappa shape index (κ2) is 5.83. The third-order valence-electron chi connectivity index (χ3n) is 4.25. The van der Waals surface area contributed by atoms with Crippen molar-refractivity contribution in [2.75, 3.05) is 0 Å². The molecule has 2 nitrogen and oxygen atoms in total. The molecule has 2 heteroatoms. The molecule has 0 amide bonds. The van der Waals surface area contributed by atoms with E-state index in [9.17, 15) is 0 Å². The quantitative estimate of drug-likeness (QED) is 0.812. The molecule has 0 aromatic carbocycles. The molecule has 1 N–H and O–H groups in total. The number of hydrogen-bond acceptors (Lipinski definition) is 2. The third kappa shape index (κ3) is 3.81. The number of rotatable bonds is 3. The van der Waals surface area contributed by atoms with E-state index in [2.05, 4.69) is 37.1 Å². The summed E-state index contributed by atoms with van der Waals surface area (Å²) in [6, 6.07) is 5.25. The van der Waals surface area contributed by atoms with Crippen molar-refractivity contribution in [2.24, 2.45) is 5.41 Å². The minimum atomic E-state index is 0.407. The number of nitrogens with one attached hydrogen (secondary N) is 1. The zero-order valence-corrected chi connectivity index (χ0v) is 11.9. The third-order valence-corrected chi connectivity index (χ3v) is 4.25. The van der Waals surface area contributed by atoms with Gasteiger partial charge >= 0.3 is 0 Å². The number of hydrogen-bond donors (Lipinski definition) is 1. The summed E-state index contributed by atoms with van der Waals surface area (Å²) in [5.74, 6) is 0. The smallest absolute Gasteiger partial charge is 0.0315 e. The van der Waals surface area contributed by atoms with E-state index in [4.69, 9.17) is 0 Å². The van der Waals surface area contributed by atoms with Crippen molar-refractivity contribution in [3.8, 4) is 0 Å². The molecule has 2 atom stereocenters. The van der Waals surface area contributed by atoms with Gasteiger partial charge in [-0.25, -0.2) is 0 Å². The SMILES string of the molecule is CC(NC1CCCC(C)(C)CC1)c1cccnc1. The Balaban J connectivity index is 1.90. The Kier molecular flexibility index (Phi) is 4.39. The maximum Gasteiger partial charge on any atom is 0.0315 e. The lowest BCUT2D eigenvalue weighted by Gasteiger charge is -2.24. The molecule has 1 aliphatic carbocycles. The highest BCUT2D eigenvalue weighted by atomic mass is 14.9. The fourth-order valence-electron chi connectivity index (χ4n) is 2.91. The molecule has 2 unspecified atom stereocenters. The lowest BCUT2D eigenvalue weighted by molar-refractivity contribution is 0.307. The predicted molar refractivity (Wildman–Crippen MR) is 76.4 cm³/mol. The molecule has 0 radical (unpaired) electrons. The van der Waals surface area contributed by atoms with Crippen molar-refractivity contribution in [2.45, 2.75) is 65.0 Å². The van der Waals surface area contributed by atoms with Crippen molar-refractivity contribution >= 4 is 0 Å². The minimum absolute atomic E-state index is 0.407. The van der Waals surface area contributed by atoms with Gasteiger partial charge in [0.2, 0.25) is 0 Å². The van der Waals surface area contributed by atoms with Gasteiger partial charge in [-0.3, -0.25) is 4.98 Å². The number of nitrogens with zero attached hydrogens (tertiary/aromatic N) is 1. The van der Waals surface area contributed by atoms with Gasteiger partial charge < -0.3 is 5.32 Å². The van der Waals surface area contributed by atoms with Crippen LogP contribution in [0.1, 0.15) is 64.5 Å². The maximum atomic E-state index is 4.20. The van der Waals surface area contributed by atoms with Crippen molar-refractivity contribution in [1.82, 2.24) is 10.3 Å². The fourth-order valence-corrected chi connectivity index (χ4v) is 2.91. The van der Waals surface area contributed by atoms with Gasteiger partial charge in [-0.1, -0.05) is 26.3 Å². The summed E-state index contributed by atoms with van der Waals surface area (Å²) < 4.78 is 0. The minimum Gasteiger partial charge on any atom is -0.307 e. The zero-order chi connectivity index (χ0) is 13.0. The summed E-state index contributed by atoms with van der Waals surface area (Å²) in [4.78, 5) is 4.20. The maximum absolute atomic E-state index is 4.20. The molecule has 18 heavy (non-hydrogen) atoms. The van der Waals surface area contributed by atoms with Crippen LogP contribution < -0.4 is 5.32 Å². The largest absolute Gasteiger partial charge is 0.307 e. The summed E-state index contributed by atoms with van der Waals surface area (Å²) in [5.41, 5.74) is 1.83. The molecule has 0 saturated heterocycles. The van der Waals surface area contributed by atoms with E-state index in [1.807, 2.05) is 18.5 Å². The van der Waals surface area contributed by atoms with Crippen LogP contribution in [0.2, 0.25) is 0 Å². The topological polar surface area (TPSA) is 24.9 Å². The Bertz CT molecular complexity index is 359. The normalized spacial score (nSPS) is 25.4. The highest BCUT2D eigenvalue weighted by Gasteiger charge is 2.24. The van der Waals surface area contributed by atoms with Crippen LogP contribution in [0.3, 0.4) is 0 Å². The van der Waals surface area contributed by atoms with Gasteiger partial charge in [-0.2, -0.15) is 0 Å². The van der Waals surface area contributed by atoms with Crippen LogP contribution in [0.5, 0.6) is 0 Å². The van der Waals surface area contributed by atoms with Gasteiger partial charge in [0, 0.05) is 24.5 Å². The highest BCUT2D eigenvalue weighted by Crippen LogP contribution is 2.34. The number of aromatic nitrogens is 1. The molecule has 100 valence electrons. The number of pyridine rings is 1. The van der Waals surface area contributed by atoms with E-state index in [0.29, 0.717) is 17.5 Å². The summed E-state index contributed by atoms with van der Waals surface area (Å²) in [5, 5.41) is 3.77. The van der Waals surface area contributed by atoms with E-state index in [1.165, 1.54) is 37.7 Å². The Morgan fingerprint density at radius 1 is 1.33 bits per heavy atom. The van der Waals surface area contributed by atoms with Crippen LogP contribution >= 0.6 is 0 Å². The molecule has 0 spiro atoms. The van der Waals surface area contributed by atoms with Gasteiger partial charge in [0.25, 0.3) is 0 Å². The Hall–Kier alpha value is -0.890. The molecule has 2 rings (SSSR count). The molecule has 1 aliphatic rings. The van der Waals surface area contributed by atoms with Crippen LogP contribution in [0.4, 0.5) is 0 Å². The molecular weight excluding hydrogens is 220 g/mol. The summed E-state index contributed by atoms with van der Waals surface area (Å²) in [7, 11) is 0. The summed E-state index contributed by atoms with van der Waals surface area (Å²) in [6.07, 6.45) is 10.5. The molecule has 1 aromatic rings. The molecule has 1 saturated carbocycles. The van der Waals surface area contributed by atoms with Gasteiger partial charge in [0.05, 0.1) is 0 Å². The average molecular weight is 246 g/mol. The lowest BCUT2D eigenvalue weighted by Crippen LogP contribution is -2.31. The first-order chi connectivity index (χ1) is 8.57. The first kappa shape index (κ1) is 13.5. The van der Waals surface area contributed by atoms with Crippen molar-refractivity contribution in [1.29, 1.82) is 0 Å². The van der Waals surface area contributed by atoms with Gasteiger partial charge in [-0.15, -0.1) is 0 Å². The van der Waals surface area contributed by atoms with E-state index in [0.717, 1.165) is 0 Å². The predicted octanol–water partition coefficient (Wildman–Crippen LogP) is 4.09. The van der Waals surface area contributed by atoms with Crippen LogP contribution in [-0.4, -0.2) is 11.0 Å². The molecule has 1 aromatic heterocycles. The average Bonchev–Trinajstić information content (AvgIpc) is 2.52. The second-order valence-electron chi connectivity index (χ2n) is 6.47. The molecule has 1 heterocycles. The molecule has 0 aliphatic heterocycles. The summed E-state index contributed by atoms with van der Waals surface area (Å²) >= 11 is 0. The Morgan fingerprint density at radius 2 is 2.17 bits per heavy atom. The van der Waals surface area contributed by atoms with Crippen LogP contribution in [0, 0.1) is 5.41 Å². The van der Waals surface area contributed by atoms with Crippen molar-refractivity contribution in [3.63, 3.8) is 0 Å². The van der Waals surface area contributed by atoms with Crippen molar-refractivity contribution in [3.05, 3.63) is 30.1 Å².